The average molecular weight is 355 g/mol. The van der Waals surface area contributed by atoms with Gasteiger partial charge in [-0.1, -0.05) is 29.8 Å². The van der Waals surface area contributed by atoms with Crippen LogP contribution < -0.4 is 11.1 Å². The summed E-state index contributed by atoms with van der Waals surface area (Å²) in [5, 5.41) is 13.9. The third-order valence-corrected chi connectivity index (χ3v) is 4.51. The Bertz CT molecular complexity index is 791. The second-order valence-corrected chi connectivity index (χ2v) is 6.46. The van der Waals surface area contributed by atoms with Crippen LogP contribution in [0.4, 0.5) is 11.5 Å². The molecular weight excluding hydrogens is 334 g/mol. The molecule has 1 aromatic heterocycles. The van der Waals surface area contributed by atoms with Crippen LogP contribution in [0.5, 0.6) is 0 Å². The summed E-state index contributed by atoms with van der Waals surface area (Å²) in [6.45, 7) is 3.13. The van der Waals surface area contributed by atoms with Gasteiger partial charge in [0, 0.05) is 25.2 Å². The largest absolute Gasteiger partial charge is 0.365 e. The molecule has 2 aromatic rings. The first kappa shape index (κ1) is 17.8. The third-order valence-electron chi connectivity index (χ3n) is 4.51. The van der Waals surface area contributed by atoms with Gasteiger partial charge >= 0.3 is 0 Å². The zero-order valence-corrected chi connectivity index (χ0v) is 14.5. The Hall–Kier alpha value is -3.00. The Morgan fingerprint density at radius 3 is 2.69 bits per heavy atom. The Labute approximate surface area is 151 Å². The van der Waals surface area contributed by atoms with Gasteiger partial charge in [0.25, 0.3) is 5.69 Å². The number of rotatable bonds is 5. The van der Waals surface area contributed by atoms with Gasteiger partial charge in [-0.15, -0.1) is 0 Å². The Morgan fingerprint density at radius 2 is 2.08 bits per heavy atom. The summed E-state index contributed by atoms with van der Waals surface area (Å²) in [4.78, 5) is 28.6. The SMILES string of the molecule is Cc1ccc(C(N)C(=O)N2CCC(Nc3ccc([N+](=O)[O-])cn3)C2)cc1. The van der Waals surface area contributed by atoms with Crippen molar-refractivity contribution in [3.05, 3.63) is 63.8 Å². The predicted molar refractivity (Wildman–Crippen MR) is 97.6 cm³/mol. The molecule has 136 valence electrons. The molecule has 1 aliphatic rings. The first-order valence-corrected chi connectivity index (χ1v) is 8.42. The molecule has 8 heteroatoms. The molecule has 1 amide bonds. The van der Waals surface area contributed by atoms with Crippen LogP contribution in [0, 0.1) is 17.0 Å². The lowest BCUT2D eigenvalue weighted by atomic mass is 10.0. The topological polar surface area (TPSA) is 114 Å². The van der Waals surface area contributed by atoms with Crippen molar-refractivity contribution in [1.29, 1.82) is 0 Å². The van der Waals surface area contributed by atoms with E-state index in [1.807, 2.05) is 31.2 Å². The summed E-state index contributed by atoms with van der Waals surface area (Å²) < 4.78 is 0. The van der Waals surface area contributed by atoms with Crippen molar-refractivity contribution >= 4 is 17.4 Å². The van der Waals surface area contributed by atoms with Crippen LogP contribution in [0.15, 0.2) is 42.6 Å². The van der Waals surface area contributed by atoms with Gasteiger partial charge in [-0.05, 0) is 25.0 Å². The van der Waals surface area contributed by atoms with Gasteiger partial charge in [0.1, 0.15) is 18.1 Å². The number of nitrogens with one attached hydrogen (secondary N) is 1. The van der Waals surface area contributed by atoms with Gasteiger partial charge < -0.3 is 16.0 Å². The molecule has 0 aliphatic carbocycles. The van der Waals surface area contributed by atoms with Crippen LogP contribution in [-0.2, 0) is 4.79 Å². The third kappa shape index (κ3) is 3.97. The zero-order valence-electron chi connectivity index (χ0n) is 14.5. The molecular formula is C18H21N5O3. The summed E-state index contributed by atoms with van der Waals surface area (Å²) in [5.74, 6) is 0.451. The number of nitrogens with zero attached hydrogens (tertiary/aromatic N) is 3. The minimum absolute atomic E-state index is 0.0399. The van der Waals surface area contributed by atoms with E-state index in [0.29, 0.717) is 18.9 Å². The molecule has 1 aromatic carbocycles. The molecule has 2 unspecified atom stereocenters. The van der Waals surface area contributed by atoms with Crippen LogP contribution in [0.2, 0.25) is 0 Å². The molecule has 1 aliphatic heterocycles. The molecule has 0 saturated carbocycles. The molecule has 1 fully saturated rings. The zero-order chi connectivity index (χ0) is 18.7. The van der Waals surface area contributed by atoms with E-state index in [1.54, 1.807) is 11.0 Å². The van der Waals surface area contributed by atoms with Crippen molar-refractivity contribution in [2.45, 2.75) is 25.4 Å². The number of pyridine rings is 1. The van der Waals surface area contributed by atoms with E-state index in [1.165, 1.54) is 12.3 Å². The molecule has 1 saturated heterocycles. The standard InChI is InChI=1S/C18H21N5O3/c1-12-2-4-13(5-3-12)17(19)18(24)22-9-8-14(11-22)21-16-7-6-15(10-20-16)23(25)26/h2-7,10,14,17H,8-9,11,19H2,1H3,(H,20,21). The number of amides is 1. The molecule has 0 bridgehead atoms. The van der Waals surface area contributed by atoms with Crippen molar-refractivity contribution in [2.24, 2.45) is 5.73 Å². The summed E-state index contributed by atoms with van der Waals surface area (Å²) >= 11 is 0. The van der Waals surface area contributed by atoms with Gasteiger partial charge in [0.05, 0.1) is 4.92 Å². The Morgan fingerprint density at radius 1 is 1.35 bits per heavy atom. The molecule has 3 rings (SSSR count). The van der Waals surface area contributed by atoms with Crippen molar-refractivity contribution in [3.63, 3.8) is 0 Å². The van der Waals surface area contributed by atoms with Crippen LogP contribution in [0.25, 0.3) is 0 Å². The second kappa shape index (κ2) is 7.49. The summed E-state index contributed by atoms with van der Waals surface area (Å²) in [5.41, 5.74) is 7.99. The fourth-order valence-corrected chi connectivity index (χ4v) is 2.98. The molecule has 26 heavy (non-hydrogen) atoms. The highest BCUT2D eigenvalue weighted by Crippen LogP contribution is 2.20. The van der Waals surface area contributed by atoms with Crippen LogP contribution in [-0.4, -0.2) is 39.8 Å². The molecule has 0 spiro atoms. The predicted octanol–water partition coefficient (Wildman–Crippen LogP) is 2.01. The van der Waals surface area contributed by atoms with E-state index in [-0.39, 0.29) is 17.6 Å². The maximum absolute atomic E-state index is 12.6. The van der Waals surface area contributed by atoms with Crippen molar-refractivity contribution < 1.29 is 9.72 Å². The average Bonchev–Trinajstić information content (AvgIpc) is 3.10. The van der Waals surface area contributed by atoms with Gasteiger partial charge in [0.2, 0.25) is 5.91 Å². The number of aryl methyl sites for hydroxylation is 1. The van der Waals surface area contributed by atoms with Crippen LogP contribution >= 0.6 is 0 Å². The van der Waals surface area contributed by atoms with Gasteiger partial charge in [0.15, 0.2) is 0 Å². The number of aromatic nitrogens is 1. The lowest BCUT2D eigenvalue weighted by molar-refractivity contribution is -0.385. The monoisotopic (exact) mass is 355 g/mol. The van der Waals surface area contributed by atoms with Crippen molar-refractivity contribution in [3.8, 4) is 0 Å². The van der Waals surface area contributed by atoms with E-state index in [4.69, 9.17) is 5.73 Å². The number of carbonyl (C=O) groups excluding carboxylic acids is 1. The fourth-order valence-electron chi connectivity index (χ4n) is 2.98. The molecule has 3 N–H and O–H groups in total. The number of anilines is 1. The molecule has 8 nitrogen and oxygen atoms in total. The number of hydrogen-bond acceptors (Lipinski definition) is 6. The maximum atomic E-state index is 12.6. The second-order valence-electron chi connectivity index (χ2n) is 6.46. The Balaban J connectivity index is 1.58. The van der Waals surface area contributed by atoms with E-state index in [2.05, 4.69) is 10.3 Å². The summed E-state index contributed by atoms with van der Waals surface area (Å²) in [7, 11) is 0. The van der Waals surface area contributed by atoms with Gasteiger partial charge in [-0.3, -0.25) is 14.9 Å². The van der Waals surface area contributed by atoms with Gasteiger partial charge in [-0.25, -0.2) is 4.98 Å². The number of nitrogens with two attached hydrogens (primary N) is 1. The highest BCUT2D eigenvalue weighted by Gasteiger charge is 2.30. The molecule has 0 radical (unpaired) electrons. The highest BCUT2D eigenvalue weighted by atomic mass is 16.6. The first-order chi connectivity index (χ1) is 12.4. The van der Waals surface area contributed by atoms with Gasteiger partial charge in [-0.2, -0.15) is 0 Å². The first-order valence-electron chi connectivity index (χ1n) is 8.42. The van der Waals surface area contributed by atoms with E-state index in [9.17, 15) is 14.9 Å². The van der Waals surface area contributed by atoms with E-state index < -0.39 is 11.0 Å². The lowest BCUT2D eigenvalue weighted by Gasteiger charge is -2.21. The minimum atomic E-state index is -0.674. The summed E-state index contributed by atoms with van der Waals surface area (Å²) in [6, 6.07) is 9.98. The highest BCUT2D eigenvalue weighted by molar-refractivity contribution is 5.83. The number of benzene rings is 1. The van der Waals surface area contributed by atoms with E-state index >= 15 is 0 Å². The lowest BCUT2D eigenvalue weighted by Crippen LogP contribution is -2.38. The summed E-state index contributed by atoms with van der Waals surface area (Å²) in [6.07, 6.45) is 1.98. The fraction of sp³-hybridized carbons (Fsp3) is 0.333. The normalized spacial score (nSPS) is 17.8. The van der Waals surface area contributed by atoms with Crippen molar-refractivity contribution in [2.75, 3.05) is 18.4 Å². The minimum Gasteiger partial charge on any atom is -0.365 e. The number of nitro groups is 1. The molecule has 2 heterocycles. The molecule has 2 atom stereocenters. The smallest absolute Gasteiger partial charge is 0.287 e. The van der Waals surface area contributed by atoms with Crippen LogP contribution in [0.1, 0.15) is 23.6 Å². The maximum Gasteiger partial charge on any atom is 0.287 e. The Kier molecular flexibility index (Phi) is 5.13. The quantitative estimate of drug-likeness (QED) is 0.626. The van der Waals surface area contributed by atoms with Crippen molar-refractivity contribution in [1.82, 2.24) is 9.88 Å². The number of hydrogen-bond donors (Lipinski definition) is 2. The van der Waals surface area contributed by atoms with E-state index in [0.717, 1.165) is 17.5 Å². The van der Waals surface area contributed by atoms with Crippen LogP contribution in [0.3, 0.4) is 0 Å². The number of likely N-dealkylation sites (tertiary alicyclic amines) is 1. The number of carbonyl (C=O) groups is 1.